The Morgan fingerprint density at radius 2 is 1.72 bits per heavy atom. The number of hydrogen-bond donors (Lipinski definition) is 2. The van der Waals surface area contributed by atoms with E-state index in [-0.39, 0.29) is 5.91 Å². The quantitative estimate of drug-likeness (QED) is 0.320. The lowest BCUT2D eigenvalue weighted by molar-refractivity contribution is 0.0950. The van der Waals surface area contributed by atoms with Crippen LogP contribution in [0.3, 0.4) is 0 Å². The summed E-state index contributed by atoms with van der Waals surface area (Å²) in [6.45, 7) is 0. The molecule has 3 aromatic carbocycles. The van der Waals surface area contributed by atoms with Crippen molar-refractivity contribution in [3.63, 3.8) is 0 Å². The Morgan fingerprint density at radius 1 is 0.966 bits per heavy atom. The third kappa shape index (κ3) is 4.67. The first kappa shape index (κ1) is 18.8. The van der Waals surface area contributed by atoms with Crippen LogP contribution in [0.15, 0.2) is 88.4 Å². The molecule has 6 heteroatoms. The number of H-pyrrole nitrogens is 1. The van der Waals surface area contributed by atoms with Gasteiger partial charge >= 0.3 is 0 Å². The molecule has 1 aromatic heterocycles. The number of hydrazone groups is 1. The van der Waals surface area contributed by atoms with Crippen LogP contribution < -0.4 is 5.43 Å². The van der Waals surface area contributed by atoms with E-state index in [2.05, 4.69) is 54.9 Å². The second-order valence-electron chi connectivity index (χ2n) is 6.37. The van der Waals surface area contributed by atoms with Crippen molar-refractivity contribution >= 4 is 44.9 Å². The summed E-state index contributed by atoms with van der Waals surface area (Å²) < 4.78 is 0.741. The molecule has 1 amide bonds. The number of rotatable bonds is 5. The average molecular weight is 445 g/mol. The molecule has 0 atom stereocenters. The third-order valence-electron chi connectivity index (χ3n) is 4.33. The molecule has 0 aliphatic heterocycles. The van der Waals surface area contributed by atoms with Crippen LogP contribution in [-0.2, 0) is 0 Å². The van der Waals surface area contributed by atoms with Gasteiger partial charge in [-0.05, 0) is 50.5 Å². The second-order valence-corrected chi connectivity index (χ2v) is 7.28. The third-order valence-corrected chi connectivity index (χ3v) is 4.76. The van der Waals surface area contributed by atoms with E-state index in [1.165, 1.54) is 6.21 Å². The van der Waals surface area contributed by atoms with E-state index < -0.39 is 0 Å². The molecule has 1 heterocycles. The Labute approximate surface area is 176 Å². The van der Waals surface area contributed by atoms with Crippen LogP contribution in [0.1, 0.15) is 16.1 Å². The molecule has 2 N–H and O–H groups in total. The van der Waals surface area contributed by atoms with Gasteiger partial charge in [0.25, 0.3) is 5.91 Å². The van der Waals surface area contributed by atoms with E-state index in [9.17, 15) is 4.79 Å². The Bertz CT molecular complexity index is 1210. The number of nitrogens with one attached hydrogen (secondary N) is 2. The number of carbonyl (C=O) groups excluding carboxylic acids is 1. The normalized spacial score (nSPS) is 11.8. The molecule has 0 bridgehead atoms. The molecule has 29 heavy (non-hydrogen) atoms. The van der Waals surface area contributed by atoms with Gasteiger partial charge in [-0.15, -0.1) is 0 Å². The zero-order valence-electron chi connectivity index (χ0n) is 15.3. The number of hydrogen-bond acceptors (Lipinski definition) is 3. The molecule has 0 spiro atoms. The van der Waals surface area contributed by atoms with Gasteiger partial charge in [0.1, 0.15) is 5.69 Å². The van der Waals surface area contributed by atoms with Gasteiger partial charge in [-0.25, -0.2) is 5.43 Å². The second kappa shape index (κ2) is 8.67. The van der Waals surface area contributed by atoms with Gasteiger partial charge in [0.15, 0.2) is 0 Å². The number of aromatic nitrogens is 2. The van der Waals surface area contributed by atoms with Crippen LogP contribution in [-0.4, -0.2) is 22.3 Å². The topological polar surface area (TPSA) is 70.1 Å². The maximum Gasteiger partial charge on any atom is 0.289 e. The van der Waals surface area contributed by atoms with Gasteiger partial charge in [-0.3, -0.25) is 9.89 Å². The minimum absolute atomic E-state index is 0.341. The molecule has 0 aliphatic carbocycles. The summed E-state index contributed by atoms with van der Waals surface area (Å²) in [5.41, 5.74) is 5.52. The predicted molar refractivity (Wildman–Crippen MR) is 121 cm³/mol. The summed E-state index contributed by atoms with van der Waals surface area (Å²) in [7, 11) is 0. The van der Waals surface area contributed by atoms with Crippen molar-refractivity contribution in [3.05, 3.63) is 94.6 Å². The maximum atomic E-state index is 12.3. The van der Waals surface area contributed by atoms with Crippen LogP contribution in [0.4, 0.5) is 0 Å². The Kier molecular flexibility index (Phi) is 5.63. The molecule has 0 saturated carbocycles. The molecule has 4 rings (SSSR count). The van der Waals surface area contributed by atoms with Crippen molar-refractivity contribution in [2.45, 2.75) is 0 Å². The van der Waals surface area contributed by atoms with Gasteiger partial charge in [-0.1, -0.05) is 66.7 Å². The van der Waals surface area contributed by atoms with E-state index >= 15 is 0 Å². The number of nitrogens with zero attached hydrogens (tertiary/aromatic N) is 2. The highest BCUT2D eigenvalue weighted by Gasteiger charge is 2.10. The fourth-order valence-corrected chi connectivity index (χ4v) is 3.26. The summed E-state index contributed by atoms with van der Waals surface area (Å²) >= 11 is 3.42. The van der Waals surface area contributed by atoms with Crippen molar-refractivity contribution in [3.8, 4) is 11.3 Å². The van der Waals surface area contributed by atoms with Crippen molar-refractivity contribution in [1.82, 2.24) is 15.6 Å². The van der Waals surface area contributed by atoms with E-state index in [1.54, 1.807) is 6.07 Å². The zero-order chi connectivity index (χ0) is 20.1. The molecule has 0 aliphatic rings. The molecule has 5 nitrogen and oxygen atoms in total. The summed E-state index contributed by atoms with van der Waals surface area (Å²) in [5, 5.41) is 13.3. The molecule has 0 saturated heterocycles. The molecule has 142 valence electrons. The molecular formula is C23H17BrN4O. The minimum atomic E-state index is -0.360. The summed E-state index contributed by atoms with van der Waals surface area (Å²) in [6.07, 6.45) is 3.44. The van der Waals surface area contributed by atoms with Crippen LogP contribution in [0.25, 0.3) is 28.1 Å². The molecular weight excluding hydrogens is 428 g/mol. The lowest BCUT2D eigenvalue weighted by Gasteiger charge is -2.00. The standard InChI is InChI=1S/C23H17BrN4O/c24-20(12-16-6-2-1-3-7-16)15-25-28-23(29)22-14-21(26-27-22)19-11-10-17-8-4-5-9-18(17)13-19/h1-15H,(H,26,27)(H,28,29)/b20-12-,25-15-. The highest BCUT2D eigenvalue weighted by molar-refractivity contribution is 9.12. The van der Waals surface area contributed by atoms with Gasteiger partial charge in [0.2, 0.25) is 0 Å². The monoisotopic (exact) mass is 444 g/mol. The van der Waals surface area contributed by atoms with Crippen molar-refractivity contribution in [2.24, 2.45) is 5.10 Å². The van der Waals surface area contributed by atoms with Gasteiger partial charge < -0.3 is 0 Å². The summed E-state index contributed by atoms with van der Waals surface area (Å²) in [4.78, 5) is 12.3. The SMILES string of the molecule is O=C(N/N=C\C(Br)=C\c1ccccc1)c1cc(-c2ccc3ccccc3c2)n[nH]1. The summed E-state index contributed by atoms with van der Waals surface area (Å²) in [6, 6.07) is 25.7. The van der Waals surface area contributed by atoms with Crippen molar-refractivity contribution in [2.75, 3.05) is 0 Å². The van der Waals surface area contributed by atoms with Gasteiger partial charge in [0.05, 0.1) is 11.9 Å². The highest BCUT2D eigenvalue weighted by atomic mass is 79.9. The fourth-order valence-electron chi connectivity index (χ4n) is 2.89. The van der Waals surface area contributed by atoms with E-state index in [4.69, 9.17) is 0 Å². The summed E-state index contributed by atoms with van der Waals surface area (Å²) in [5.74, 6) is -0.360. The Balaban J connectivity index is 1.43. The molecule has 0 fully saturated rings. The largest absolute Gasteiger partial charge is 0.289 e. The number of benzene rings is 3. The maximum absolute atomic E-state index is 12.3. The Hall–Kier alpha value is -3.51. The molecule has 0 unspecified atom stereocenters. The van der Waals surface area contributed by atoms with Crippen LogP contribution in [0, 0.1) is 0 Å². The number of allylic oxidation sites excluding steroid dienone is 1. The zero-order valence-corrected chi connectivity index (χ0v) is 16.9. The van der Waals surface area contributed by atoms with Crippen LogP contribution in [0.2, 0.25) is 0 Å². The Morgan fingerprint density at radius 3 is 2.55 bits per heavy atom. The van der Waals surface area contributed by atoms with Gasteiger partial charge in [-0.2, -0.15) is 10.2 Å². The first-order valence-electron chi connectivity index (χ1n) is 8.99. The van der Waals surface area contributed by atoms with Gasteiger partial charge in [0, 0.05) is 10.0 Å². The number of amides is 1. The number of carbonyl (C=O) groups is 1. The number of aromatic amines is 1. The lowest BCUT2D eigenvalue weighted by atomic mass is 10.1. The predicted octanol–water partition coefficient (Wildman–Crippen LogP) is 5.38. The fraction of sp³-hybridized carbons (Fsp3) is 0. The average Bonchev–Trinajstić information content (AvgIpc) is 3.24. The van der Waals surface area contributed by atoms with Crippen molar-refractivity contribution < 1.29 is 4.79 Å². The molecule has 4 aromatic rings. The molecule has 0 radical (unpaired) electrons. The number of halogens is 1. The minimum Gasteiger partial charge on any atom is -0.272 e. The van der Waals surface area contributed by atoms with Crippen molar-refractivity contribution in [1.29, 1.82) is 0 Å². The van der Waals surface area contributed by atoms with E-state index in [0.717, 1.165) is 26.4 Å². The van der Waals surface area contributed by atoms with Crippen LogP contribution in [0.5, 0.6) is 0 Å². The lowest BCUT2D eigenvalue weighted by Crippen LogP contribution is -2.17. The van der Waals surface area contributed by atoms with Crippen LogP contribution >= 0.6 is 15.9 Å². The van der Waals surface area contributed by atoms with E-state index in [0.29, 0.717) is 11.4 Å². The van der Waals surface area contributed by atoms with E-state index in [1.807, 2.05) is 60.7 Å². The smallest absolute Gasteiger partial charge is 0.272 e. The number of fused-ring (bicyclic) bond motifs is 1. The first-order valence-corrected chi connectivity index (χ1v) is 9.78. The first-order chi connectivity index (χ1) is 14.2. The highest BCUT2D eigenvalue weighted by Crippen LogP contribution is 2.23.